The fraction of sp³-hybridized carbons (Fsp3) is 0.364. The second-order valence-corrected chi connectivity index (χ2v) is 11.3. The van der Waals surface area contributed by atoms with E-state index in [1.165, 1.54) is 6.33 Å². The van der Waals surface area contributed by atoms with Crippen LogP contribution in [0.4, 0.5) is 11.5 Å². The molecule has 1 aliphatic heterocycles. The minimum atomic E-state index is -0.295. The highest BCUT2D eigenvalue weighted by molar-refractivity contribution is 5.92. The zero-order valence-electron chi connectivity index (χ0n) is 25.1. The Balaban J connectivity index is 1.35. The molecular formula is C33H38N8O3. The number of nitrogens with one attached hydrogen (secondary N) is 3. The number of ether oxygens (including phenoxy) is 1. The summed E-state index contributed by atoms with van der Waals surface area (Å²) in [7, 11) is 3.64. The van der Waals surface area contributed by atoms with E-state index in [4.69, 9.17) is 16.9 Å². The number of rotatable bonds is 14. The summed E-state index contributed by atoms with van der Waals surface area (Å²) in [4.78, 5) is 43.3. The number of nitrogens with two attached hydrogens (primary N) is 1. The SMILES string of the molecule is C#Cc1cccc(Nc2ncnc3cc(OC)c(Cc4cnc([C@H](CCCCCC(N)=O)NC(=O)C5CN(C)C5)[nH]4)cc23)c1. The van der Waals surface area contributed by atoms with Crippen LogP contribution in [0.5, 0.6) is 5.75 Å². The van der Waals surface area contributed by atoms with Gasteiger partial charge in [-0.05, 0) is 44.2 Å². The van der Waals surface area contributed by atoms with Crippen molar-refractivity contribution in [3.63, 3.8) is 0 Å². The number of imidazole rings is 1. The Bertz CT molecular complexity index is 1670. The molecule has 1 aliphatic rings. The van der Waals surface area contributed by atoms with Gasteiger partial charge in [0.15, 0.2) is 0 Å². The molecular weight excluding hydrogens is 556 g/mol. The number of terminal acetylenes is 1. The average molecular weight is 595 g/mol. The van der Waals surface area contributed by atoms with Crippen LogP contribution < -0.4 is 21.1 Å². The number of carbonyl (C=O) groups excluding carboxylic acids is 2. The number of unbranched alkanes of at least 4 members (excludes halogenated alkanes) is 2. The van der Waals surface area contributed by atoms with Crippen molar-refractivity contribution in [1.29, 1.82) is 0 Å². The number of benzene rings is 2. The maximum Gasteiger partial charge on any atom is 0.226 e. The zero-order valence-corrected chi connectivity index (χ0v) is 25.1. The molecule has 3 heterocycles. The van der Waals surface area contributed by atoms with Gasteiger partial charge in [-0.15, -0.1) is 6.42 Å². The van der Waals surface area contributed by atoms with Crippen LogP contribution in [-0.4, -0.2) is 63.9 Å². The molecule has 11 nitrogen and oxygen atoms in total. The van der Waals surface area contributed by atoms with Crippen LogP contribution >= 0.6 is 0 Å². The van der Waals surface area contributed by atoms with Gasteiger partial charge in [0.1, 0.15) is 23.7 Å². The molecule has 11 heteroatoms. The van der Waals surface area contributed by atoms with E-state index in [-0.39, 0.29) is 23.8 Å². The van der Waals surface area contributed by atoms with Crippen molar-refractivity contribution in [2.24, 2.45) is 11.7 Å². The molecule has 0 aliphatic carbocycles. The molecule has 0 bridgehead atoms. The Morgan fingerprint density at radius 1 is 1.18 bits per heavy atom. The van der Waals surface area contributed by atoms with E-state index in [2.05, 4.69) is 41.4 Å². The summed E-state index contributed by atoms with van der Waals surface area (Å²) in [5, 5.41) is 7.41. The van der Waals surface area contributed by atoms with E-state index in [0.29, 0.717) is 36.7 Å². The van der Waals surface area contributed by atoms with Crippen molar-refractivity contribution in [2.45, 2.75) is 44.6 Å². The summed E-state index contributed by atoms with van der Waals surface area (Å²) < 4.78 is 5.74. The molecule has 44 heavy (non-hydrogen) atoms. The molecule has 5 rings (SSSR count). The maximum atomic E-state index is 13.0. The minimum absolute atomic E-state index is 0.0206. The predicted octanol–water partition coefficient (Wildman–Crippen LogP) is 3.83. The van der Waals surface area contributed by atoms with E-state index in [1.54, 1.807) is 13.3 Å². The number of amides is 2. The summed E-state index contributed by atoms with van der Waals surface area (Å²) in [5.74, 6) is 4.42. The standard InChI is InChI=1S/C33H38N8O3/c1-4-21-9-8-10-24(13-21)38-31-26-15-22(29(44-3)16-28(26)36-20-37-31)14-25-17-35-32(39-25)27(11-6-5-7-12-30(34)42)40-33(43)23-18-41(2)19-23/h1,8-10,13,15-17,20,23,27H,5-7,11-12,14,18-19H2,2-3H3,(H2,34,42)(H,35,39)(H,40,43)(H,36,37,38)/t27-/m0/s1. The zero-order chi connectivity index (χ0) is 31.1. The van der Waals surface area contributed by atoms with Crippen molar-refractivity contribution < 1.29 is 14.3 Å². The number of likely N-dealkylation sites (tertiary alicyclic amines) is 1. The van der Waals surface area contributed by atoms with Crippen molar-refractivity contribution in [3.05, 3.63) is 71.6 Å². The first kappa shape index (κ1) is 30.5. The Labute approximate surface area is 257 Å². The van der Waals surface area contributed by atoms with E-state index >= 15 is 0 Å². The molecule has 2 aromatic heterocycles. The quantitative estimate of drug-likeness (QED) is 0.127. The van der Waals surface area contributed by atoms with Crippen LogP contribution in [0.15, 0.2) is 48.9 Å². The Morgan fingerprint density at radius 2 is 2.02 bits per heavy atom. The van der Waals surface area contributed by atoms with E-state index in [1.807, 2.05) is 43.4 Å². The number of nitrogens with zero attached hydrogens (tertiary/aromatic N) is 4. The number of hydrogen-bond acceptors (Lipinski definition) is 8. The van der Waals surface area contributed by atoms with Gasteiger partial charge in [-0.25, -0.2) is 15.0 Å². The molecule has 1 fully saturated rings. The lowest BCUT2D eigenvalue weighted by Gasteiger charge is -2.35. The van der Waals surface area contributed by atoms with Crippen LogP contribution in [0.25, 0.3) is 10.9 Å². The van der Waals surface area contributed by atoms with Crippen LogP contribution in [-0.2, 0) is 16.0 Å². The van der Waals surface area contributed by atoms with E-state index in [0.717, 1.165) is 65.8 Å². The van der Waals surface area contributed by atoms with Gasteiger partial charge in [-0.2, -0.15) is 0 Å². The molecule has 1 saturated heterocycles. The lowest BCUT2D eigenvalue weighted by atomic mass is 9.99. The van der Waals surface area contributed by atoms with Crippen LogP contribution in [0.2, 0.25) is 0 Å². The lowest BCUT2D eigenvalue weighted by Crippen LogP contribution is -2.52. The monoisotopic (exact) mass is 594 g/mol. The second-order valence-electron chi connectivity index (χ2n) is 11.3. The molecule has 4 aromatic rings. The highest BCUT2D eigenvalue weighted by atomic mass is 16.5. The van der Waals surface area contributed by atoms with Crippen molar-refractivity contribution in [2.75, 3.05) is 32.6 Å². The number of primary amides is 1. The van der Waals surface area contributed by atoms with Gasteiger partial charge >= 0.3 is 0 Å². The normalized spacial score (nSPS) is 14.0. The summed E-state index contributed by atoms with van der Waals surface area (Å²) in [6.45, 7) is 1.50. The fourth-order valence-electron chi connectivity index (χ4n) is 5.48. The van der Waals surface area contributed by atoms with Crippen LogP contribution in [0.1, 0.15) is 60.8 Å². The fourth-order valence-corrected chi connectivity index (χ4v) is 5.48. The third-order valence-corrected chi connectivity index (χ3v) is 7.86. The van der Waals surface area contributed by atoms with Gasteiger partial charge in [0.05, 0.1) is 24.6 Å². The van der Waals surface area contributed by atoms with Gasteiger partial charge in [0.25, 0.3) is 0 Å². The van der Waals surface area contributed by atoms with Gasteiger partial charge in [0, 0.05) is 66.1 Å². The van der Waals surface area contributed by atoms with Gasteiger partial charge in [0.2, 0.25) is 11.8 Å². The van der Waals surface area contributed by atoms with E-state index < -0.39 is 0 Å². The number of hydrogen-bond donors (Lipinski definition) is 4. The van der Waals surface area contributed by atoms with Crippen LogP contribution in [0, 0.1) is 18.3 Å². The van der Waals surface area contributed by atoms with Crippen molar-refractivity contribution >= 4 is 34.2 Å². The highest BCUT2D eigenvalue weighted by Crippen LogP contribution is 2.31. The summed E-state index contributed by atoms with van der Waals surface area (Å²) in [6, 6.07) is 11.2. The van der Waals surface area contributed by atoms with Crippen LogP contribution in [0.3, 0.4) is 0 Å². The lowest BCUT2D eigenvalue weighted by molar-refractivity contribution is -0.130. The Hall–Kier alpha value is -4.95. The van der Waals surface area contributed by atoms with Crippen molar-refractivity contribution in [1.82, 2.24) is 30.2 Å². The molecule has 2 amide bonds. The number of aromatic nitrogens is 4. The summed E-state index contributed by atoms with van der Waals surface area (Å²) >= 11 is 0. The number of fused-ring (bicyclic) bond motifs is 1. The summed E-state index contributed by atoms with van der Waals surface area (Å²) in [5.41, 5.74) is 9.42. The third kappa shape index (κ3) is 7.51. The predicted molar refractivity (Wildman–Crippen MR) is 169 cm³/mol. The number of carbonyl (C=O) groups is 2. The van der Waals surface area contributed by atoms with Gasteiger partial charge in [-0.1, -0.05) is 24.8 Å². The largest absolute Gasteiger partial charge is 0.496 e. The topological polar surface area (TPSA) is 151 Å². The second kappa shape index (κ2) is 14.0. The smallest absolute Gasteiger partial charge is 0.226 e. The first-order chi connectivity index (χ1) is 21.3. The highest BCUT2D eigenvalue weighted by Gasteiger charge is 2.31. The summed E-state index contributed by atoms with van der Waals surface area (Å²) in [6.07, 6.45) is 12.9. The number of H-pyrrole nitrogens is 1. The molecule has 0 radical (unpaired) electrons. The minimum Gasteiger partial charge on any atom is -0.496 e. The molecule has 228 valence electrons. The Morgan fingerprint density at radius 3 is 2.77 bits per heavy atom. The molecule has 5 N–H and O–H groups in total. The first-order valence-electron chi connectivity index (χ1n) is 14.8. The average Bonchev–Trinajstić information content (AvgIpc) is 3.47. The molecule has 2 aromatic carbocycles. The third-order valence-electron chi connectivity index (χ3n) is 7.86. The molecule has 0 saturated carbocycles. The number of anilines is 2. The number of methoxy groups -OCH3 is 1. The molecule has 1 atom stereocenters. The van der Waals surface area contributed by atoms with Gasteiger partial charge < -0.3 is 31.0 Å². The Kier molecular flexibility index (Phi) is 9.72. The maximum absolute atomic E-state index is 13.0. The molecule has 0 unspecified atom stereocenters. The first-order valence-corrected chi connectivity index (χ1v) is 14.8. The van der Waals surface area contributed by atoms with Crippen molar-refractivity contribution in [3.8, 4) is 18.1 Å². The number of aromatic amines is 1. The molecule has 0 spiro atoms. The van der Waals surface area contributed by atoms with E-state index in [9.17, 15) is 9.59 Å². The van der Waals surface area contributed by atoms with Gasteiger partial charge in [-0.3, -0.25) is 9.59 Å².